The highest BCUT2D eigenvalue weighted by Crippen LogP contribution is 2.29. The molecule has 1 N–H and O–H groups in total. The monoisotopic (exact) mass is 358 g/mol. The van der Waals surface area contributed by atoms with Gasteiger partial charge in [-0.05, 0) is 43.3 Å². The maximum Gasteiger partial charge on any atom is 0.263 e. The molecule has 1 aliphatic heterocycles. The van der Waals surface area contributed by atoms with Crippen molar-refractivity contribution in [2.24, 2.45) is 0 Å². The van der Waals surface area contributed by atoms with Crippen molar-refractivity contribution in [2.45, 2.75) is 6.92 Å². The van der Waals surface area contributed by atoms with Gasteiger partial charge in [0.05, 0.1) is 22.8 Å². The fourth-order valence-corrected chi connectivity index (χ4v) is 2.84. The van der Waals surface area contributed by atoms with Gasteiger partial charge in [0.2, 0.25) is 5.91 Å². The second kappa shape index (κ2) is 6.94. The van der Waals surface area contributed by atoms with Crippen LogP contribution in [0.15, 0.2) is 42.5 Å². The highest BCUT2D eigenvalue weighted by molar-refractivity contribution is 6.37. The van der Waals surface area contributed by atoms with Crippen molar-refractivity contribution in [3.05, 3.63) is 58.6 Å². The van der Waals surface area contributed by atoms with Gasteiger partial charge >= 0.3 is 0 Å². The van der Waals surface area contributed by atoms with Gasteiger partial charge in [0.25, 0.3) is 11.8 Å². The third-order valence-corrected chi connectivity index (χ3v) is 4.01. The van der Waals surface area contributed by atoms with Gasteiger partial charge in [-0.3, -0.25) is 19.3 Å². The standard InChI is InChI=1S/C18H15ClN2O4/c1-2-25-12-8-6-11(7-9-12)20-15(22)10-21-17(23)13-4-3-5-14(19)16(13)18(21)24/h3-9H,2,10H2,1H3,(H,20,22). The molecule has 3 rings (SSSR count). The van der Waals surface area contributed by atoms with E-state index in [1.54, 1.807) is 30.3 Å². The van der Waals surface area contributed by atoms with Crippen molar-refractivity contribution >= 4 is 35.0 Å². The summed E-state index contributed by atoms with van der Waals surface area (Å²) in [4.78, 5) is 37.7. The first-order valence-corrected chi connectivity index (χ1v) is 8.06. The fourth-order valence-electron chi connectivity index (χ4n) is 2.58. The lowest BCUT2D eigenvalue weighted by Gasteiger charge is -2.14. The van der Waals surface area contributed by atoms with Gasteiger partial charge in [-0.25, -0.2) is 0 Å². The van der Waals surface area contributed by atoms with Crippen LogP contribution >= 0.6 is 11.6 Å². The van der Waals surface area contributed by atoms with E-state index in [2.05, 4.69) is 5.32 Å². The molecule has 0 radical (unpaired) electrons. The summed E-state index contributed by atoms with van der Waals surface area (Å²) in [5, 5.41) is 2.85. The number of amides is 3. The summed E-state index contributed by atoms with van der Waals surface area (Å²) in [7, 11) is 0. The largest absolute Gasteiger partial charge is 0.494 e. The van der Waals surface area contributed by atoms with Crippen molar-refractivity contribution in [3.63, 3.8) is 0 Å². The molecular weight excluding hydrogens is 344 g/mol. The summed E-state index contributed by atoms with van der Waals surface area (Å²) in [6.07, 6.45) is 0. The van der Waals surface area contributed by atoms with Crippen molar-refractivity contribution in [1.29, 1.82) is 0 Å². The van der Waals surface area contributed by atoms with E-state index in [4.69, 9.17) is 16.3 Å². The van der Waals surface area contributed by atoms with E-state index in [1.165, 1.54) is 12.1 Å². The van der Waals surface area contributed by atoms with Crippen LogP contribution in [0.2, 0.25) is 5.02 Å². The zero-order chi connectivity index (χ0) is 18.0. The summed E-state index contributed by atoms with van der Waals surface area (Å²) >= 11 is 5.99. The van der Waals surface area contributed by atoms with Crippen LogP contribution in [-0.2, 0) is 4.79 Å². The minimum Gasteiger partial charge on any atom is -0.494 e. The van der Waals surface area contributed by atoms with E-state index in [0.717, 1.165) is 4.90 Å². The minimum atomic E-state index is -0.563. The quantitative estimate of drug-likeness (QED) is 0.834. The molecule has 0 bridgehead atoms. The highest BCUT2D eigenvalue weighted by atomic mass is 35.5. The number of benzene rings is 2. The Labute approximate surface area is 149 Å². The number of rotatable bonds is 5. The predicted octanol–water partition coefficient (Wildman–Crippen LogP) is 2.97. The number of hydrogen-bond donors (Lipinski definition) is 1. The van der Waals surface area contributed by atoms with Crippen molar-refractivity contribution in [3.8, 4) is 5.75 Å². The molecule has 0 saturated carbocycles. The summed E-state index contributed by atoms with van der Waals surface area (Å²) in [5.41, 5.74) is 0.900. The van der Waals surface area contributed by atoms with E-state index < -0.39 is 17.7 Å². The Morgan fingerprint density at radius 1 is 1.12 bits per heavy atom. The lowest BCUT2D eigenvalue weighted by molar-refractivity contribution is -0.116. The SMILES string of the molecule is CCOc1ccc(NC(=O)CN2C(=O)c3cccc(Cl)c3C2=O)cc1. The number of halogens is 1. The zero-order valence-electron chi connectivity index (χ0n) is 13.4. The highest BCUT2D eigenvalue weighted by Gasteiger charge is 2.38. The number of imide groups is 1. The molecule has 0 saturated heterocycles. The molecule has 25 heavy (non-hydrogen) atoms. The molecule has 128 valence electrons. The van der Waals surface area contributed by atoms with Crippen LogP contribution in [0.25, 0.3) is 0 Å². The molecule has 3 amide bonds. The third kappa shape index (κ3) is 3.34. The Morgan fingerprint density at radius 2 is 1.84 bits per heavy atom. The molecule has 6 nitrogen and oxygen atoms in total. The van der Waals surface area contributed by atoms with E-state index in [0.29, 0.717) is 18.0 Å². The van der Waals surface area contributed by atoms with Crippen LogP contribution in [0.5, 0.6) is 5.75 Å². The van der Waals surface area contributed by atoms with Crippen LogP contribution in [0, 0.1) is 0 Å². The third-order valence-electron chi connectivity index (χ3n) is 3.70. The van der Waals surface area contributed by atoms with Crippen LogP contribution in [0.1, 0.15) is 27.6 Å². The normalized spacial score (nSPS) is 13.0. The number of hydrogen-bond acceptors (Lipinski definition) is 4. The molecule has 2 aromatic rings. The second-order valence-corrected chi connectivity index (χ2v) is 5.77. The number of fused-ring (bicyclic) bond motifs is 1. The van der Waals surface area contributed by atoms with Crippen LogP contribution in [-0.4, -0.2) is 35.8 Å². The fraction of sp³-hybridized carbons (Fsp3) is 0.167. The first-order chi connectivity index (χ1) is 12.0. The maximum atomic E-state index is 12.4. The first-order valence-electron chi connectivity index (χ1n) is 7.68. The number of nitrogens with zero attached hydrogens (tertiary/aromatic N) is 1. The molecule has 0 fully saturated rings. The lowest BCUT2D eigenvalue weighted by atomic mass is 10.1. The van der Waals surface area contributed by atoms with Gasteiger partial charge in [-0.15, -0.1) is 0 Å². The van der Waals surface area contributed by atoms with Crippen LogP contribution in [0.4, 0.5) is 5.69 Å². The summed E-state index contributed by atoms with van der Waals surface area (Å²) in [5.74, 6) is -0.873. The Kier molecular flexibility index (Phi) is 4.72. The zero-order valence-corrected chi connectivity index (χ0v) is 14.2. The molecule has 0 unspecified atom stereocenters. The molecule has 1 heterocycles. The van der Waals surface area contributed by atoms with Crippen molar-refractivity contribution in [2.75, 3.05) is 18.5 Å². The molecule has 7 heteroatoms. The summed E-state index contributed by atoms with van der Waals surface area (Å²) in [6, 6.07) is 11.5. The molecule has 0 spiro atoms. The molecular formula is C18H15ClN2O4. The second-order valence-electron chi connectivity index (χ2n) is 5.36. The number of ether oxygens (including phenoxy) is 1. The van der Waals surface area contributed by atoms with Crippen LogP contribution in [0.3, 0.4) is 0 Å². The average Bonchev–Trinajstić information content (AvgIpc) is 2.83. The van der Waals surface area contributed by atoms with Crippen molar-refractivity contribution < 1.29 is 19.1 Å². The smallest absolute Gasteiger partial charge is 0.263 e. The lowest BCUT2D eigenvalue weighted by Crippen LogP contribution is -2.37. The molecule has 0 atom stereocenters. The first kappa shape index (κ1) is 17.0. The van der Waals surface area contributed by atoms with Gasteiger partial charge in [-0.1, -0.05) is 17.7 Å². The molecule has 2 aromatic carbocycles. The summed E-state index contributed by atoms with van der Waals surface area (Å²) < 4.78 is 5.33. The average molecular weight is 359 g/mol. The number of nitrogens with one attached hydrogen (secondary N) is 1. The summed E-state index contributed by atoms with van der Waals surface area (Å²) in [6.45, 7) is 2.05. The Morgan fingerprint density at radius 3 is 2.48 bits per heavy atom. The van der Waals surface area contributed by atoms with E-state index >= 15 is 0 Å². The van der Waals surface area contributed by atoms with Gasteiger partial charge in [-0.2, -0.15) is 0 Å². The van der Waals surface area contributed by atoms with Gasteiger partial charge in [0.15, 0.2) is 0 Å². The van der Waals surface area contributed by atoms with Gasteiger partial charge in [0.1, 0.15) is 12.3 Å². The number of carbonyl (C=O) groups excluding carboxylic acids is 3. The topological polar surface area (TPSA) is 75.7 Å². The Hall–Kier alpha value is -2.86. The predicted molar refractivity (Wildman–Crippen MR) is 93.1 cm³/mol. The molecule has 0 aromatic heterocycles. The van der Waals surface area contributed by atoms with Crippen LogP contribution < -0.4 is 10.1 Å². The number of anilines is 1. The van der Waals surface area contributed by atoms with Gasteiger partial charge < -0.3 is 10.1 Å². The Balaban J connectivity index is 1.69. The number of carbonyl (C=O) groups is 3. The van der Waals surface area contributed by atoms with E-state index in [1.807, 2.05) is 6.92 Å². The van der Waals surface area contributed by atoms with E-state index in [9.17, 15) is 14.4 Å². The minimum absolute atomic E-state index is 0.142. The maximum absolute atomic E-state index is 12.4. The molecule has 0 aliphatic carbocycles. The van der Waals surface area contributed by atoms with Gasteiger partial charge in [0, 0.05) is 5.69 Å². The Bertz CT molecular complexity index is 849. The van der Waals surface area contributed by atoms with E-state index in [-0.39, 0.29) is 22.7 Å². The molecule has 1 aliphatic rings. The van der Waals surface area contributed by atoms with Crippen molar-refractivity contribution in [1.82, 2.24) is 4.90 Å².